The molecule has 0 saturated heterocycles. The highest BCUT2D eigenvalue weighted by Crippen LogP contribution is 2.33. The van der Waals surface area contributed by atoms with E-state index in [-0.39, 0.29) is 11.6 Å². The lowest BCUT2D eigenvalue weighted by Gasteiger charge is -2.23. The SMILES string of the molecule is CCOC(C)(CC)c1noc(-c2cc(Br)ccc2O)n1. The molecule has 0 amide bonds. The van der Waals surface area contributed by atoms with Crippen molar-refractivity contribution < 1.29 is 14.4 Å². The third-order valence-corrected chi connectivity index (χ3v) is 3.72. The van der Waals surface area contributed by atoms with Crippen LogP contribution in [-0.4, -0.2) is 21.9 Å². The van der Waals surface area contributed by atoms with Crippen LogP contribution in [0, 0.1) is 0 Å². The number of aromatic hydroxyl groups is 1. The molecule has 1 unspecified atom stereocenters. The lowest BCUT2D eigenvalue weighted by molar-refractivity contribution is -0.0403. The molecule has 6 heteroatoms. The van der Waals surface area contributed by atoms with Crippen LogP contribution in [0.1, 0.15) is 33.0 Å². The summed E-state index contributed by atoms with van der Waals surface area (Å²) < 4.78 is 11.8. The molecule has 2 aromatic rings. The van der Waals surface area contributed by atoms with Crippen molar-refractivity contribution in [3.63, 3.8) is 0 Å². The number of nitrogens with zero attached hydrogens (tertiary/aromatic N) is 2. The molecule has 5 nitrogen and oxygen atoms in total. The molecule has 0 bridgehead atoms. The fourth-order valence-electron chi connectivity index (χ4n) is 1.87. The Hall–Kier alpha value is -1.40. The average molecular weight is 341 g/mol. The van der Waals surface area contributed by atoms with Gasteiger partial charge >= 0.3 is 0 Å². The third-order valence-electron chi connectivity index (χ3n) is 3.23. The lowest BCUT2D eigenvalue weighted by Crippen LogP contribution is -2.26. The van der Waals surface area contributed by atoms with Crippen LogP contribution in [0.2, 0.25) is 0 Å². The summed E-state index contributed by atoms with van der Waals surface area (Å²) in [5.41, 5.74) is -0.0916. The summed E-state index contributed by atoms with van der Waals surface area (Å²) in [6.07, 6.45) is 0.726. The predicted octanol–water partition coefficient (Wildman–Crippen LogP) is 3.87. The Morgan fingerprint density at radius 3 is 2.80 bits per heavy atom. The summed E-state index contributed by atoms with van der Waals surface area (Å²) >= 11 is 3.35. The van der Waals surface area contributed by atoms with Crippen molar-refractivity contribution in [3.05, 3.63) is 28.5 Å². The Kier molecular flexibility index (Phi) is 4.45. The Balaban J connectivity index is 2.40. The van der Waals surface area contributed by atoms with Gasteiger partial charge in [0, 0.05) is 11.1 Å². The maximum absolute atomic E-state index is 9.88. The van der Waals surface area contributed by atoms with E-state index in [1.807, 2.05) is 20.8 Å². The highest BCUT2D eigenvalue weighted by molar-refractivity contribution is 9.10. The first-order valence-corrected chi connectivity index (χ1v) is 7.26. The van der Waals surface area contributed by atoms with Gasteiger partial charge in [-0.25, -0.2) is 0 Å². The van der Waals surface area contributed by atoms with Gasteiger partial charge in [0.1, 0.15) is 11.4 Å². The van der Waals surface area contributed by atoms with Gasteiger partial charge in [0.25, 0.3) is 5.89 Å². The van der Waals surface area contributed by atoms with Crippen molar-refractivity contribution in [2.24, 2.45) is 0 Å². The molecule has 0 saturated carbocycles. The largest absolute Gasteiger partial charge is 0.507 e. The molecule has 108 valence electrons. The van der Waals surface area contributed by atoms with E-state index < -0.39 is 5.60 Å². The van der Waals surface area contributed by atoms with E-state index in [2.05, 4.69) is 26.1 Å². The van der Waals surface area contributed by atoms with Gasteiger partial charge < -0.3 is 14.4 Å². The standard InChI is InChI=1S/C14H17BrN2O3/c1-4-14(3,19-5-2)13-16-12(20-17-13)10-8-9(15)6-7-11(10)18/h6-8,18H,4-5H2,1-3H3. The van der Waals surface area contributed by atoms with Crippen LogP contribution in [0.5, 0.6) is 5.75 Å². The van der Waals surface area contributed by atoms with Crippen LogP contribution >= 0.6 is 15.9 Å². The predicted molar refractivity (Wildman–Crippen MR) is 78.4 cm³/mol. The van der Waals surface area contributed by atoms with Crippen LogP contribution in [0.4, 0.5) is 0 Å². The van der Waals surface area contributed by atoms with Crippen LogP contribution in [0.25, 0.3) is 11.5 Å². The van der Waals surface area contributed by atoms with E-state index >= 15 is 0 Å². The molecular weight excluding hydrogens is 324 g/mol. The number of ether oxygens (including phenoxy) is 1. The van der Waals surface area contributed by atoms with Gasteiger partial charge in [-0.15, -0.1) is 0 Å². The number of benzene rings is 1. The monoisotopic (exact) mass is 340 g/mol. The highest BCUT2D eigenvalue weighted by Gasteiger charge is 2.31. The summed E-state index contributed by atoms with van der Waals surface area (Å²) in [7, 11) is 0. The third kappa shape index (κ3) is 2.86. The lowest BCUT2D eigenvalue weighted by atomic mass is 10.0. The van der Waals surface area contributed by atoms with Crippen LogP contribution in [0.15, 0.2) is 27.2 Å². The van der Waals surface area contributed by atoms with Crippen LogP contribution in [0.3, 0.4) is 0 Å². The normalized spacial score (nSPS) is 14.2. The summed E-state index contributed by atoms with van der Waals surface area (Å²) in [6, 6.07) is 5.05. The second kappa shape index (κ2) is 5.93. The molecule has 0 fully saturated rings. The first-order valence-electron chi connectivity index (χ1n) is 6.47. The number of phenolic OH excluding ortho intramolecular Hbond substituents is 1. The van der Waals surface area contributed by atoms with Gasteiger partial charge in [-0.2, -0.15) is 4.98 Å². The van der Waals surface area contributed by atoms with E-state index in [4.69, 9.17) is 9.26 Å². The Morgan fingerprint density at radius 1 is 1.40 bits per heavy atom. The molecule has 0 radical (unpaired) electrons. The number of aromatic nitrogens is 2. The van der Waals surface area contributed by atoms with Crippen molar-refractivity contribution in [1.82, 2.24) is 10.1 Å². The molecule has 2 rings (SSSR count). The minimum Gasteiger partial charge on any atom is -0.507 e. The fraction of sp³-hybridized carbons (Fsp3) is 0.429. The zero-order chi connectivity index (χ0) is 14.8. The topological polar surface area (TPSA) is 68.4 Å². The van der Waals surface area contributed by atoms with Gasteiger partial charge in [-0.1, -0.05) is 28.0 Å². The van der Waals surface area contributed by atoms with Crippen molar-refractivity contribution in [2.75, 3.05) is 6.61 Å². The first kappa shape index (κ1) is 15.0. The second-order valence-corrected chi connectivity index (χ2v) is 5.52. The molecule has 0 aliphatic carbocycles. The molecule has 0 spiro atoms. The van der Waals surface area contributed by atoms with Crippen molar-refractivity contribution in [3.8, 4) is 17.2 Å². The molecule has 1 atom stereocenters. The number of phenols is 1. The van der Waals surface area contributed by atoms with Gasteiger partial charge in [0.15, 0.2) is 0 Å². The minimum absolute atomic E-state index is 0.0954. The maximum Gasteiger partial charge on any atom is 0.261 e. The summed E-state index contributed by atoms with van der Waals surface area (Å²) in [5, 5.41) is 13.9. The van der Waals surface area contributed by atoms with E-state index in [1.54, 1.807) is 18.2 Å². The van der Waals surface area contributed by atoms with Gasteiger partial charge in [0.2, 0.25) is 5.82 Å². The van der Waals surface area contributed by atoms with Crippen molar-refractivity contribution >= 4 is 15.9 Å². The number of rotatable bonds is 5. The number of hydrogen-bond acceptors (Lipinski definition) is 5. The van der Waals surface area contributed by atoms with E-state index in [0.29, 0.717) is 18.0 Å². The Morgan fingerprint density at radius 2 is 2.15 bits per heavy atom. The van der Waals surface area contributed by atoms with E-state index in [9.17, 15) is 5.11 Å². The molecule has 1 aromatic carbocycles. The fourth-order valence-corrected chi connectivity index (χ4v) is 2.23. The van der Waals surface area contributed by atoms with Crippen LogP contribution < -0.4 is 0 Å². The van der Waals surface area contributed by atoms with Gasteiger partial charge in [-0.05, 0) is 38.5 Å². The van der Waals surface area contributed by atoms with E-state index in [1.165, 1.54) is 0 Å². The molecule has 0 aliphatic heterocycles. The zero-order valence-electron chi connectivity index (χ0n) is 11.7. The molecule has 1 heterocycles. The number of hydrogen-bond donors (Lipinski definition) is 1. The highest BCUT2D eigenvalue weighted by atomic mass is 79.9. The first-order chi connectivity index (χ1) is 9.50. The van der Waals surface area contributed by atoms with Crippen LogP contribution in [-0.2, 0) is 10.3 Å². The molecule has 0 aliphatic rings. The minimum atomic E-state index is -0.585. The second-order valence-electron chi connectivity index (χ2n) is 4.60. The maximum atomic E-state index is 9.88. The summed E-state index contributed by atoms with van der Waals surface area (Å²) in [4.78, 5) is 4.36. The molecule has 20 heavy (non-hydrogen) atoms. The van der Waals surface area contributed by atoms with Crippen molar-refractivity contribution in [2.45, 2.75) is 32.8 Å². The zero-order valence-corrected chi connectivity index (χ0v) is 13.3. The molecular formula is C14H17BrN2O3. The van der Waals surface area contributed by atoms with Crippen molar-refractivity contribution in [1.29, 1.82) is 0 Å². The Labute approximate surface area is 126 Å². The van der Waals surface area contributed by atoms with Gasteiger partial charge in [-0.3, -0.25) is 0 Å². The molecule has 1 N–H and O–H groups in total. The van der Waals surface area contributed by atoms with E-state index in [0.717, 1.165) is 10.9 Å². The number of halogens is 1. The Bertz CT molecular complexity index is 600. The average Bonchev–Trinajstić information content (AvgIpc) is 2.92. The summed E-state index contributed by atoms with van der Waals surface area (Å²) in [5.74, 6) is 0.854. The smallest absolute Gasteiger partial charge is 0.261 e. The molecule has 1 aromatic heterocycles. The van der Waals surface area contributed by atoms with Gasteiger partial charge in [0.05, 0.1) is 5.56 Å². The summed E-state index contributed by atoms with van der Waals surface area (Å²) in [6.45, 7) is 6.42. The quantitative estimate of drug-likeness (QED) is 0.894.